The molecular weight excluding hydrogens is 300 g/mol. The number of unbranched alkanes of at least 4 members (excludes halogenated alkanes) is 1. The first kappa shape index (κ1) is 17.1. The van der Waals surface area contributed by atoms with Gasteiger partial charge in [0.15, 0.2) is 0 Å². The van der Waals surface area contributed by atoms with Crippen LogP contribution in [-0.4, -0.2) is 22.9 Å². The summed E-state index contributed by atoms with van der Waals surface area (Å²) in [4.78, 5) is -0.325. The molecule has 0 saturated carbocycles. The molecule has 1 aromatic carbocycles. The number of benzene rings is 1. The Morgan fingerprint density at radius 2 is 1.80 bits per heavy atom. The number of hydrogen-bond acceptors (Lipinski definition) is 4. The lowest BCUT2D eigenvalue weighted by atomic mass is 10.2. The molecule has 0 aliphatic carbocycles. The molecule has 0 radical (unpaired) electrons. The Kier molecular flexibility index (Phi) is 5.69. The Bertz CT molecular complexity index is 654. The number of nitrogens with two attached hydrogens (primary N) is 1. The minimum atomic E-state index is -3.92. The average molecular weight is 320 g/mol. The van der Waals surface area contributed by atoms with E-state index in [1.165, 1.54) is 18.2 Å². The van der Waals surface area contributed by atoms with Gasteiger partial charge < -0.3 is 0 Å². The standard InChI is InChI=1S/C12H20N2O4S2/c1-3-4-6-10(2)14-20(17,18)12-8-5-7-11(9-12)19(13,15)16/h5,7-10,14H,3-4,6H2,1-2H3,(H2,13,15,16). The van der Waals surface area contributed by atoms with Crippen molar-refractivity contribution >= 4 is 20.0 Å². The molecule has 20 heavy (non-hydrogen) atoms. The monoisotopic (exact) mass is 320 g/mol. The van der Waals surface area contributed by atoms with Crippen LogP contribution in [0.2, 0.25) is 0 Å². The second kappa shape index (κ2) is 6.66. The summed E-state index contributed by atoms with van der Waals surface area (Å²) in [6.45, 7) is 3.80. The number of nitrogens with one attached hydrogen (secondary N) is 1. The third-order valence-electron chi connectivity index (χ3n) is 2.79. The van der Waals surface area contributed by atoms with Gasteiger partial charge in [-0.05, 0) is 31.5 Å². The van der Waals surface area contributed by atoms with E-state index >= 15 is 0 Å². The molecule has 8 heteroatoms. The molecule has 0 aliphatic heterocycles. The first-order valence-electron chi connectivity index (χ1n) is 6.32. The fraction of sp³-hybridized carbons (Fsp3) is 0.500. The van der Waals surface area contributed by atoms with Crippen LogP contribution >= 0.6 is 0 Å². The Hall–Kier alpha value is -0.960. The highest BCUT2D eigenvalue weighted by Gasteiger charge is 2.19. The molecule has 3 N–H and O–H groups in total. The van der Waals surface area contributed by atoms with Crippen molar-refractivity contribution in [3.8, 4) is 0 Å². The van der Waals surface area contributed by atoms with Crippen molar-refractivity contribution in [1.29, 1.82) is 0 Å². The molecule has 0 bridgehead atoms. The molecule has 0 amide bonds. The van der Waals surface area contributed by atoms with E-state index in [0.29, 0.717) is 0 Å². The van der Waals surface area contributed by atoms with Gasteiger partial charge in [-0.2, -0.15) is 0 Å². The van der Waals surface area contributed by atoms with Gasteiger partial charge in [0.05, 0.1) is 9.79 Å². The van der Waals surface area contributed by atoms with Crippen molar-refractivity contribution in [2.45, 2.75) is 48.9 Å². The van der Waals surface area contributed by atoms with Crippen molar-refractivity contribution in [2.75, 3.05) is 0 Å². The number of rotatable bonds is 7. The van der Waals surface area contributed by atoms with Gasteiger partial charge in [0.25, 0.3) is 0 Å². The lowest BCUT2D eigenvalue weighted by molar-refractivity contribution is 0.534. The Labute approximate surface area is 120 Å². The van der Waals surface area contributed by atoms with Crippen LogP contribution in [-0.2, 0) is 20.0 Å². The van der Waals surface area contributed by atoms with Gasteiger partial charge in [-0.3, -0.25) is 0 Å². The van der Waals surface area contributed by atoms with Gasteiger partial charge >= 0.3 is 0 Å². The van der Waals surface area contributed by atoms with Gasteiger partial charge in [-0.25, -0.2) is 26.7 Å². The lowest BCUT2D eigenvalue weighted by Crippen LogP contribution is -2.32. The Balaban J connectivity index is 2.99. The number of hydrogen-bond donors (Lipinski definition) is 2. The maximum absolute atomic E-state index is 12.1. The van der Waals surface area contributed by atoms with E-state index in [4.69, 9.17) is 5.14 Å². The van der Waals surface area contributed by atoms with Crippen molar-refractivity contribution in [3.05, 3.63) is 24.3 Å². The molecule has 0 saturated heterocycles. The van der Waals surface area contributed by atoms with Crippen LogP contribution < -0.4 is 9.86 Å². The molecule has 1 atom stereocenters. The van der Waals surface area contributed by atoms with Gasteiger partial charge in [0.1, 0.15) is 0 Å². The highest BCUT2D eigenvalue weighted by atomic mass is 32.2. The quantitative estimate of drug-likeness (QED) is 0.787. The highest BCUT2D eigenvalue weighted by molar-refractivity contribution is 7.90. The van der Waals surface area contributed by atoms with E-state index in [0.717, 1.165) is 25.3 Å². The molecule has 114 valence electrons. The third-order valence-corrected chi connectivity index (χ3v) is 5.29. The maximum atomic E-state index is 12.1. The molecule has 0 heterocycles. The second-order valence-corrected chi connectivity index (χ2v) is 7.96. The van der Waals surface area contributed by atoms with E-state index < -0.39 is 20.0 Å². The zero-order valence-corrected chi connectivity index (χ0v) is 13.2. The lowest BCUT2D eigenvalue weighted by Gasteiger charge is -2.14. The van der Waals surface area contributed by atoms with Crippen LogP contribution in [0.25, 0.3) is 0 Å². The minimum Gasteiger partial charge on any atom is -0.225 e. The van der Waals surface area contributed by atoms with Crippen LogP contribution in [0.1, 0.15) is 33.1 Å². The second-order valence-electron chi connectivity index (χ2n) is 4.68. The fourth-order valence-electron chi connectivity index (χ4n) is 1.72. The van der Waals surface area contributed by atoms with Crippen LogP contribution in [0.4, 0.5) is 0 Å². The first-order chi connectivity index (χ1) is 9.16. The highest BCUT2D eigenvalue weighted by Crippen LogP contribution is 2.15. The van der Waals surface area contributed by atoms with E-state index in [1.54, 1.807) is 6.92 Å². The molecule has 1 unspecified atom stereocenters. The summed E-state index contributed by atoms with van der Waals surface area (Å²) >= 11 is 0. The molecule has 1 aromatic rings. The van der Waals surface area contributed by atoms with Crippen LogP contribution in [0.3, 0.4) is 0 Å². The molecule has 0 spiro atoms. The van der Waals surface area contributed by atoms with Crippen molar-refractivity contribution in [3.63, 3.8) is 0 Å². The van der Waals surface area contributed by atoms with Crippen molar-refractivity contribution in [2.24, 2.45) is 5.14 Å². The smallest absolute Gasteiger partial charge is 0.225 e. The molecule has 6 nitrogen and oxygen atoms in total. The van der Waals surface area contributed by atoms with E-state index in [9.17, 15) is 16.8 Å². The summed E-state index contributed by atoms with van der Waals surface area (Å²) in [6.07, 6.45) is 2.62. The predicted molar refractivity (Wildman–Crippen MR) is 77.1 cm³/mol. The van der Waals surface area contributed by atoms with Crippen LogP contribution in [0, 0.1) is 0 Å². The summed E-state index contributed by atoms with van der Waals surface area (Å²) in [5, 5.41) is 4.99. The van der Waals surface area contributed by atoms with Crippen LogP contribution in [0.5, 0.6) is 0 Å². The summed E-state index contributed by atoms with van der Waals surface area (Å²) in [6, 6.07) is 4.80. The minimum absolute atomic E-state index is 0.104. The zero-order valence-electron chi connectivity index (χ0n) is 11.5. The topological polar surface area (TPSA) is 106 Å². The molecular formula is C12H20N2O4S2. The van der Waals surface area contributed by atoms with Gasteiger partial charge in [-0.1, -0.05) is 25.8 Å². The van der Waals surface area contributed by atoms with E-state index in [2.05, 4.69) is 4.72 Å². The van der Waals surface area contributed by atoms with Crippen molar-refractivity contribution in [1.82, 2.24) is 4.72 Å². The summed E-state index contributed by atoms with van der Waals surface area (Å²) in [5.41, 5.74) is 0. The third kappa shape index (κ3) is 4.86. The van der Waals surface area contributed by atoms with E-state index in [-0.39, 0.29) is 15.8 Å². The molecule has 0 fully saturated rings. The van der Waals surface area contributed by atoms with Gasteiger partial charge in [0.2, 0.25) is 20.0 Å². The van der Waals surface area contributed by atoms with E-state index in [1.807, 2.05) is 6.92 Å². The Morgan fingerprint density at radius 1 is 1.20 bits per heavy atom. The zero-order chi connectivity index (χ0) is 15.4. The fourth-order valence-corrected chi connectivity index (χ4v) is 3.68. The SMILES string of the molecule is CCCCC(C)NS(=O)(=O)c1cccc(S(N)(=O)=O)c1. The van der Waals surface area contributed by atoms with Gasteiger partial charge in [0, 0.05) is 6.04 Å². The Morgan fingerprint density at radius 3 is 2.35 bits per heavy atom. The normalized spacial score (nSPS) is 14.2. The van der Waals surface area contributed by atoms with Gasteiger partial charge in [-0.15, -0.1) is 0 Å². The summed E-state index contributed by atoms with van der Waals surface area (Å²) in [7, 11) is -7.66. The first-order valence-corrected chi connectivity index (χ1v) is 9.35. The largest absolute Gasteiger partial charge is 0.240 e. The number of sulfonamides is 2. The average Bonchev–Trinajstić information content (AvgIpc) is 2.35. The predicted octanol–water partition coefficient (Wildman–Crippen LogP) is 1.19. The number of primary sulfonamides is 1. The molecule has 1 rings (SSSR count). The summed E-state index contributed by atoms with van der Waals surface area (Å²) < 4.78 is 49.3. The van der Waals surface area contributed by atoms with Crippen molar-refractivity contribution < 1.29 is 16.8 Å². The summed E-state index contributed by atoms with van der Waals surface area (Å²) in [5.74, 6) is 0. The molecule has 0 aromatic heterocycles. The molecule has 0 aliphatic rings. The van der Waals surface area contributed by atoms with Crippen LogP contribution in [0.15, 0.2) is 34.1 Å². The maximum Gasteiger partial charge on any atom is 0.240 e.